The summed E-state index contributed by atoms with van der Waals surface area (Å²) in [6, 6.07) is 0. The predicted molar refractivity (Wildman–Crippen MR) is 17.4 cm³/mol. The summed E-state index contributed by atoms with van der Waals surface area (Å²) in [6.07, 6.45) is 1.50. The molecule has 0 radical (unpaired) electrons. The Morgan fingerprint density at radius 1 is 1.71 bits per heavy atom. The molecule has 1 saturated heterocycles. The van der Waals surface area contributed by atoms with E-state index in [-0.39, 0.29) is 63.0 Å². The minimum absolute atomic E-state index is 0. The van der Waals surface area contributed by atoms with Crippen LogP contribution in [0.15, 0.2) is 0 Å². The van der Waals surface area contributed by atoms with Crippen LogP contribution in [0.1, 0.15) is 0 Å². The van der Waals surface area contributed by atoms with Gasteiger partial charge in [0, 0.05) is 6.61 Å². The molecule has 0 bridgehead atoms. The van der Waals surface area contributed by atoms with Crippen molar-refractivity contribution in [3.05, 3.63) is 0 Å². The second-order valence-electron chi connectivity index (χ2n) is 0.940. The number of hydrogen-bond donors (Lipinski definition) is 0. The summed E-state index contributed by atoms with van der Waals surface area (Å²) >= 11 is 0. The van der Waals surface area contributed by atoms with Gasteiger partial charge in [-0.1, -0.05) is 0 Å². The van der Waals surface area contributed by atoms with Crippen LogP contribution in [0.3, 0.4) is 0 Å². The van der Waals surface area contributed by atoms with Gasteiger partial charge in [-0.15, -0.1) is 0 Å². The van der Waals surface area contributed by atoms with Gasteiger partial charge in [0.15, 0.2) is 0 Å². The zero-order valence-electron chi connectivity index (χ0n) is 4.05. The van der Waals surface area contributed by atoms with Crippen LogP contribution in [0.5, 0.6) is 0 Å². The number of ether oxygens (including phenoxy) is 1. The van der Waals surface area contributed by atoms with Gasteiger partial charge in [0.1, 0.15) is 0 Å². The van der Waals surface area contributed by atoms with E-state index in [9.17, 15) is 4.79 Å². The summed E-state index contributed by atoms with van der Waals surface area (Å²) in [5, 5.41) is 0. The number of hydrogen-bond acceptors (Lipinski definition) is 3. The van der Waals surface area contributed by atoms with Gasteiger partial charge >= 0.3 is 51.4 Å². The van der Waals surface area contributed by atoms with Crippen LogP contribution in [0.4, 0.5) is 0 Å². The standard InChI is InChI=1S/C3H3O2.K.H2O/c4-1-3-2-5-3;;/h3H,2H2;;1H2/q-1;+1;/p-1/t3-;;/m1../s1. The molecule has 0 aliphatic carbocycles. The average molecular weight is 127 g/mol. The molecule has 36 valence electrons. The van der Waals surface area contributed by atoms with Gasteiger partial charge in [-0.05, 0) is 6.10 Å². The van der Waals surface area contributed by atoms with Crippen LogP contribution in [0.25, 0.3) is 0 Å². The normalized spacial score (nSPS) is 23.7. The SMILES string of the molecule is O=[C-][C@@H]1CO1.[K+].[OH-]. The molecule has 1 heterocycles. The van der Waals surface area contributed by atoms with E-state index in [0.29, 0.717) is 6.61 Å². The third-order valence-electron chi connectivity index (χ3n) is 0.465. The first-order chi connectivity index (χ1) is 2.43. The molecule has 0 saturated carbocycles. The molecule has 1 fully saturated rings. The van der Waals surface area contributed by atoms with Crippen molar-refractivity contribution >= 4 is 6.29 Å². The number of epoxide rings is 1. The largest absolute Gasteiger partial charge is 1.00 e. The van der Waals surface area contributed by atoms with Crippen LogP contribution >= 0.6 is 0 Å². The maximum Gasteiger partial charge on any atom is 1.00 e. The zero-order valence-corrected chi connectivity index (χ0v) is 7.17. The van der Waals surface area contributed by atoms with E-state index in [0.717, 1.165) is 0 Å². The van der Waals surface area contributed by atoms with E-state index in [2.05, 4.69) is 4.74 Å². The summed E-state index contributed by atoms with van der Waals surface area (Å²) in [7, 11) is 0. The fraction of sp³-hybridized carbons (Fsp3) is 0.667. The maximum atomic E-state index is 9.32. The van der Waals surface area contributed by atoms with Crippen LogP contribution in [0, 0.1) is 0 Å². The summed E-state index contributed by atoms with van der Waals surface area (Å²) in [5.41, 5.74) is 0. The molecule has 1 atom stereocenters. The Morgan fingerprint density at radius 3 is 2.14 bits per heavy atom. The van der Waals surface area contributed by atoms with Crippen molar-refractivity contribution in [1.29, 1.82) is 0 Å². The van der Waals surface area contributed by atoms with E-state index in [1.165, 1.54) is 0 Å². The molecular formula is C3H4KO3-. The molecule has 0 amide bonds. The molecule has 1 aliphatic heterocycles. The fourth-order valence-electron chi connectivity index (χ4n) is 0.116. The number of carbonyl (C=O) groups excluding carboxylic acids is 1. The smallest absolute Gasteiger partial charge is 0.870 e. The summed E-state index contributed by atoms with van der Waals surface area (Å²) in [4.78, 5) is 9.32. The summed E-state index contributed by atoms with van der Waals surface area (Å²) in [6.45, 7) is 0.587. The Labute approximate surface area is 84.1 Å². The Bertz CT molecular complexity index is 52.1. The van der Waals surface area contributed by atoms with Crippen LogP contribution in [0.2, 0.25) is 0 Å². The van der Waals surface area contributed by atoms with Crippen LogP contribution in [-0.4, -0.2) is 24.5 Å². The zero-order chi connectivity index (χ0) is 3.70. The quantitative estimate of drug-likeness (QED) is 0.207. The molecular weight excluding hydrogens is 123 g/mol. The Kier molecular flexibility index (Phi) is 8.49. The Balaban J connectivity index is 0. The molecule has 0 aromatic heterocycles. The first-order valence-corrected chi connectivity index (χ1v) is 1.43. The van der Waals surface area contributed by atoms with Crippen molar-refractivity contribution in [3.63, 3.8) is 0 Å². The van der Waals surface area contributed by atoms with E-state index in [4.69, 9.17) is 0 Å². The van der Waals surface area contributed by atoms with Gasteiger partial charge in [-0.3, -0.25) is 0 Å². The molecule has 1 rings (SSSR count). The molecule has 4 heteroatoms. The average Bonchev–Trinajstić information content (AvgIpc) is 2.12. The van der Waals surface area contributed by atoms with Crippen molar-refractivity contribution in [2.24, 2.45) is 0 Å². The number of rotatable bonds is 1. The van der Waals surface area contributed by atoms with Gasteiger partial charge in [-0.2, -0.15) is 0 Å². The van der Waals surface area contributed by atoms with Crippen molar-refractivity contribution in [2.75, 3.05) is 6.61 Å². The monoisotopic (exact) mass is 127 g/mol. The Morgan fingerprint density at radius 2 is 2.14 bits per heavy atom. The second kappa shape index (κ2) is 5.36. The minimum atomic E-state index is -0.171. The van der Waals surface area contributed by atoms with Gasteiger partial charge in [0.25, 0.3) is 0 Å². The van der Waals surface area contributed by atoms with Crippen LogP contribution < -0.4 is 51.4 Å². The Hall–Kier alpha value is 1.23. The predicted octanol–water partition coefficient (Wildman–Crippen LogP) is -3.68. The molecule has 0 spiro atoms. The molecule has 0 unspecified atom stereocenters. The maximum absolute atomic E-state index is 9.32. The fourth-order valence-corrected chi connectivity index (χ4v) is 0.116. The van der Waals surface area contributed by atoms with Gasteiger partial charge < -0.3 is 15.0 Å². The van der Waals surface area contributed by atoms with Gasteiger partial charge in [-0.25, -0.2) is 6.29 Å². The van der Waals surface area contributed by atoms with E-state index in [1.807, 2.05) is 0 Å². The van der Waals surface area contributed by atoms with Crippen molar-refractivity contribution in [2.45, 2.75) is 6.10 Å². The molecule has 0 aromatic rings. The van der Waals surface area contributed by atoms with Crippen LogP contribution in [-0.2, 0) is 9.53 Å². The van der Waals surface area contributed by atoms with E-state index >= 15 is 0 Å². The molecule has 0 aromatic carbocycles. The summed E-state index contributed by atoms with van der Waals surface area (Å²) < 4.78 is 4.43. The third kappa shape index (κ3) is 5.09. The van der Waals surface area contributed by atoms with Crippen molar-refractivity contribution < 1.29 is 66.4 Å². The third-order valence-corrected chi connectivity index (χ3v) is 0.465. The van der Waals surface area contributed by atoms with Crippen molar-refractivity contribution in [3.8, 4) is 0 Å². The summed E-state index contributed by atoms with van der Waals surface area (Å²) in [5.74, 6) is 0. The first kappa shape index (κ1) is 11.1. The minimum Gasteiger partial charge on any atom is -0.870 e. The molecule has 3 nitrogen and oxygen atoms in total. The van der Waals surface area contributed by atoms with E-state index < -0.39 is 0 Å². The molecule has 1 N–H and O–H groups in total. The second-order valence-corrected chi connectivity index (χ2v) is 0.940. The first-order valence-electron chi connectivity index (χ1n) is 1.43. The topological polar surface area (TPSA) is 59.6 Å². The molecule has 7 heavy (non-hydrogen) atoms. The van der Waals surface area contributed by atoms with Gasteiger partial charge in [0.05, 0.1) is 0 Å². The van der Waals surface area contributed by atoms with Crippen molar-refractivity contribution in [1.82, 2.24) is 0 Å². The molecule has 1 aliphatic rings. The van der Waals surface area contributed by atoms with Gasteiger partial charge in [0.2, 0.25) is 0 Å². The van der Waals surface area contributed by atoms with E-state index in [1.54, 1.807) is 6.29 Å².